The Morgan fingerprint density at radius 1 is 0.821 bits per heavy atom. The lowest BCUT2D eigenvalue weighted by molar-refractivity contribution is 0.238. The average Bonchev–Trinajstić information content (AvgIpc) is 3.13. The first-order valence-electron chi connectivity index (χ1n) is 10.4. The predicted molar refractivity (Wildman–Crippen MR) is 119 cm³/mol. The molecule has 2 N–H and O–H groups in total. The second kappa shape index (κ2) is 7.78. The highest BCUT2D eigenvalue weighted by Crippen LogP contribution is 2.33. The number of nitrogens with one attached hydrogen (secondary N) is 2. The van der Waals surface area contributed by atoms with Gasteiger partial charge >= 0.3 is 0 Å². The van der Waals surface area contributed by atoms with Crippen molar-refractivity contribution >= 4 is 21.7 Å². The van der Waals surface area contributed by atoms with Crippen molar-refractivity contribution in [3.8, 4) is 11.3 Å². The van der Waals surface area contributed by atoms with Gasteiger partial charge in [0.05, 0.1) is 0 Å². The highest BCUT2D eigenvalue weighted by molar-refractivity contribution is 5.93. The quantitative estimate of drug-likeness (QED) is 0.528. The van der Waals surface area contributed by atoms with Gasteiger partial charge < -0.3 is 15.2 Å². The summed E-state index contributed by atoms with van der Waals surface area (Å²) in [5, 5.41) is 7.40. The lowest BCUT2D eigenvalue weighted by Crippen LogP contribution is -2.43. The molecule has 0 radical (unpaired) electrons. The fourth-order valence-electron chi connectivity index (χ4n) is 4.47. The Hall–Kier alpha value is -2.62. The lowest BCUT2D eigenvalue weighted by Gasteiger charge is -2.27. The maximum Gasteiger partial charge on any atom is 0.0497 e. The molecule has 0 saturated carbocycles. The van der Waals surface area contributed by atoms with Crippen LogP contribution in [0.3, 0.4) is 0 Å². The van der Waals surface area contributed by atoms with Crippen LogP contribution in [0.1, 0.15) is 12.0 Å². The molecule has 2 heterocycles. The Balaban J connectivity index is 1.47. The molecular formula is C25H27N3. The molecule has 3 aromatic carbocycles. The van der Waals surface area contributed by atoms with E-state index in [1.54, 1.807) is 0 Å². The number of fused-ring (bicyclic) bond motifs is 2. The van der Waals surface area contributed by atoms with Gasteiger partial charge in [0.25, 0.3) is 0 Å². The molecule has 1 aliphatic heterocycles. The van der Waals surface area contributed by atoms with Gasteiger partial charge in [-0.25, -0.2) is 0 Å². The summed E-state index contributed by atoms with van der Waals surface area (Å²) >= 11 is 0. The summed E-state index contributed by atoms with van der Waals surface area (Å²) in [6.07, 6.45) is 2.30. The van der Waals surface area contributed by atoms with E-state index in [1.807, 2.05) is 0 Å². The Labute approximate surface area is 166 Å². The number of H-pyrrole nitrogens is 1. The van der Waals surface area contributed by atoms with E-state index in [2.05, 4.69) is 81.9 Å². The van der Waals surface area contributed by atoms with E-state index in [-0.39, 0.29) is 0 Å². The molecule has 0 amide bonds. The van der Waals surface area contributed by atoms with Crippen molar-refractivity contribution in [1.82, 2.24) is 15.2 Å². The number of aromatic nitrogens is 1. The minimum atomic E-state index is 1.11. The molecule has 0 spiro atoms. The number of rotatable bonds is 5. The molecular weight excluding hydrogens is 342 g/mol. The second-order valence-corrected chi connectivity index (χ2v) is 7.78. The van der Waals surface area contributed by atoms with Crippen molar-refractivity contribution in [1.29, 1.82) is 0 Å². The fourth-order valence-corrected chi connectivity index (χ4v) is 4.47. The molecule has 0 unspecified atom stereocenters. The molecule has 3 heteroatoms. The third kappa shape index (κ3) is 3.44. The minimum Gasteiger partial charge on any atom is -0.354 e. The number of aromatic amines is 1. The Morgan fingerprint density at radius 3 is 2.50 bits per heavy atom. The van der Waals surface area contributed by atoms with E-state index in [9.17, 15) is 0 Å². The predicted octanol–water partition coefficient (Wildman–Crippen LogP) is 4.83. The van der Waals surface area contributed by atoms with Crippen molar-refractivity contribution in [2.45, 2.75) is 12.8 Å². The van der Waals surface area contributed by atoms with Gasteiger partial charge in [-0.05, 0) is 53.4 Å². The van der Waals surface area contributed by atoms with Gasteiger partial charge in [-0.15, -0.1) is 0 Å². The first-order valence-corrected chi connectivity index (χ1v) is 10.4. The molecule has 1 aromatic heterocycles. The molecule has 28 heavy (non-hydrogen) atoms. The van der Waals surface area contributed by atoms with Gasteiger partial charge in [-0.2, -0.15) is 0 Å². The highest BCUT2D eigenvalue weighted by atomic mass is 15.2. The van der Waals surface area contributed by atoms with Crippen molar-refractivity contribution in [2.75, 3.05) is 32.7 Å². The van der Waals surface area contributed by atoms with Gasteiger partial charge in [0.2, 0.25) is 0 Å². The van der Waals surface area contributed by atoms with E-state index in [4.69, 9.17) is 0 Å². The Bertz CT molecular complexity index is 1090. The zero-order chi connectivity index (χ0) is 18.8. The molecule has 1 saturated heterocycles. The van der Waals surface area contributed by atoms with Crippen LogP contribution in [0.25, 0.3) is 32.9 Å². The lowest BCUT2D eigenvalue weighted by atomic mass is 9.99. The molecule has 0 aliphatic carbocycles. The molecule has 3 nitrogen and oxygen atoms in total. The summed E-state index contributed by atoms with van der Waals surface area (Å²) in [5.41, 5.74) is 5.27. The van der Waals surface area contributed by atoms with E-state index in [0.717, 1.165) is 19.5 Å². The maximum absolute atomic E-state index is 3.71. The van der Waals surface area contributed by atoms with Crippen LogP contribution in [-0.4, -0.2) is 42.6 Å². The summed E-state index contributed by atoms with van der Waals surface area (Å²) < 4.78 is 0. The summed E-state index contributed by atoms with van der Waals surface area (Å²) in [5.74, 6) is 0. The molecule has 4 aromatic rings. The van der Waals surface area contributed by atoms with Crippen molar-refractivity contribution in [3.05, 3.63) is 72.3 Å². The first kappa shape index (κ1) is 17.5. The molecule has 1 aliphatic rings. The molecule has 0 atom stereocenters. The van der Waals surface area contributed by atoms with Gasteiger partial charge in [0.15, 0.2) is 0 Å². The van der Waals surface area contributed by atoms with Gasteiger partial charge in [0.1, 0.15) is 0 Å². The SMILES string of the molecule is c1ccc2cc(-c3[nH]c4ccccc4c3CCCN3CCNCC3)ccc2c1. The summed E-state index contributed by atoms with van der Waals surface area (Å²) in [6.45, 7) is 5.76. The van der Waals surface area contributed by atoms with Crippen LogP contribution in [0.2, 0.25) is 0 Å². The monoisotopic (exact) mass is 369 g/mol. The number of benzene rings is 3. The molecule has 0 bridgehead atoms. The third-order valence-corrected chi connectivity index (χ3v) is 5.96. The number of nitrogens with zero attached hydrogens (tertiary/aromatic N) is 1. The van der Waals surface area contributed by atoms with E-state index in [0.29, 0.717) is 0 Å². The zero-order valence-electron chi connectivity index (χ0n) is 16.2. The number of aryl methyl sites for hydroxylation is 1. The molecule has 142 valence electrons. The van der Waals surface area contributed by atoms with E-state index in [1.165, 1.54) is 64.6 Å². The first-order chi connectivity index (χ1) is 13.9. The number of hydrogen-bond donors (Lipinski definition) is 2. The van der Waals surface area contributed by atoms with Crippen molar-refractivity contribution < 1.29 is 0 Å². The number of piperazine rings is 1. The molecule has 1 fully saturated rings. The second-order valence-electron chi connectivity index (χ2n) is 7.78. The largest absolute Gasteiger partial charge is 0.354 e. The normalized spacial score (nSPS) is 15.4. The topological polar surface area (TPSA) is 31.1 Å². The summed E-state index contributed by atoms with van der Waals surface area (Å²) in [4.78, 5) is 6.29. The smallest absolute Gasteiger partial charge is 0.0497 e. The van der Waals surface area contributed by atoms with Crippen LogP contribution in [0.15, 0.2) is 66.7 Å². The van der Waals surface area contributed by atoms with Crippen molar-refractivity contribution in [3.63, 3.8) is 0 Å². The van der Waals surface area contributed by atoms with E-state index >= 15 is 0 Å². The summed E-state index contributed by atoms with van der Waals surface area (Å²) in [7, 11) is 0. The third-order valence-electron chi connectivity index (χ3n) is 5.96. The fraction of sp³-hybridized carbons (Fsp3) is 0.280. The van der Waals surface area contributed by atoms with Crippen LogP contribution in [0, 0.1) is 0 Å². The average molecular weight is 370 g/mol. The van der Waals surface area contributed by atoms with Gasteiger partial charge in [-0.3, -0.25) is 0 Å². The number of para-hydroxylation sites is 1. The van der Waals surface area contributed by atoms with Crippen LogP contribution in [-0.2, 0) is 6.42 Å². The minimum absolute atomic E-state index is 1.11. The Morgan fingerprint density at radius 2 is 1.61 bits per heavy atom. The van der Waals surface area contributed by atoms with E-state index < -0.39 is 0 Å². The Kier molecular flexibility index (Phi) is 4.86. The van der Waals surface area contributed by atoms with Crippen LogP contribution >= 0.6 is 0 Å². The summed E-state index contributed by atoms with van der Waals surface area (Å²) in [6, 6.07) is 24.1. The van der Waals surface area contributed by atoms with Gasteiger partial charge in [0, 0.05) is 42.8 Å². The zero-order valence-corrected chi connectivity index (χ0v) is 16.2. The maximum atomic E-state index is 3.71. The van der Waals surface area contributed by atoms with Gasteiger partial charge in [-0.1, -0.05) is 54.6 Å². The van der Waals surface area contributed by atoms with Crippen molar-refractivity contribution in [2.24, 2.45) is 0 Å². The number of hydrogen-bond acceptors (Lipinski definition) is 2. The van der Waals surface area contributed by atoms with Crippen LogP contribution < -0.4 is 5.32 Å². The molecule has 5 rings (SSSR count). The van der Waals surface area contributed by atoms with Crippen LogP contribution in [0.4, 0.5) is 0 Å². The highest BCUT2D eigenvalue weighted by Gasteiger charge is 2.15. The standard InChI is InChI=1S/C25H27N3/c1-2-7-20-18-21(12-11-19(20)6-1)25-23(22-8-3-4-10-24(22)27-25)9-5-15-28-16-13-26-14-17-28/h1-4,6-8,10-12,18,26-27H,5,9,13-17H2. The van der Waals surface area contributed by atoms with Crippen LogP contribution in [0.5, 0.6) is 0 Å².